The highest BCUT2D eigenvalue weighted by Crippen LogP contribution is 2.48. The molecule has 0 aromatic heterocycles. The second kappa shape index (κ2) is 4.36. The van der Waals surface area contributed by atoms with Gasteiger partial charge in [-0.05, 0) is 48.8 Å². The summed E-state index contributed by atoms with van der Waals surface area (Å²) in [5.41, 5.74) is 5.68. The normalized spacial score (nSPS) is 19.5. The minimum atomic E-state index is 0.327. The van der Waals surface area contributed by atoms with Crippen molar-refractivity contribution in [3.8, 4) is 0 Å². The fraction of sp³-hybridized carbons (Fsp3) is 0.538. The Bertz CT molecular complexity index is 386. The molecule has 1 saturated carbocycles. The van der Waals surface area contributed by atoms with Crippen LogP contribution in [0.5, 0.6) is 0 Å². The number of hydrogen-bond donors (Lipinski definition) is 2. The summed E-state index contributed by atoms with van der Waals surface area (Å²) in [6, 6.07) is 6.55. The zero-order valence-corrected chi connectivity index (χ0v) is 10.6. The maximum atomic E-state index is 6.23. The first-order valence-electron chi connectivity index (χ1n) is 5.76. The van der Waals surface area contributed by atoms with Gasteiger partial charge in [0.15, 0.2) is 0 Å². The number of benzene rings is 1. The van der Waals surface area contributed by atoms with Gasteiger partial charge in [0.25, 0.3) is 0 Å². The van der Waals surface area contributed by atoms with Gasteiger partial charge >= 0.3 is 0 Å². The molecule has 0 aliphatic heterocycles. The highest BCUT2D eigenvalue weighted by atomic mass is 35.5. The first-order valence-corrected chi connectivity index (χ1v) is 6.14. The smallest absolute Gasteiger partial charge is 0.0441 e. The summed E-state index contributed by atoms with van der Waals surface area (Å²) in [4.78, 5) is 0. The van der Waals surface area contributed by atoms with Crippen LogP contribution in [0.3, 0.4) is 0 Å². The van der Waals surface area contributed by atoms with E-state index in [1.165, 1.54) is 24.0 Å². The number of nitrogens with two attached hydrogens (primary N) is 1. The third-order valence-corrected chi connectivity index (χ3v) is 4.07. The van der Waals surface area contributed by atoms with Crippen molar-refractivity contribution in [2.45, 2.75) is 39.2 Å². The van der Waals surface area contributed by atoms with Crippen LogP contribution in [0.1, 0.15) is 30.9 Å². The van der Waals surface area contributed by atoms with Crippen molar-refractivity contribution in [2.75, 3.05) is 0 Å². The topological polar surface area (TPSA) is 38.0 Å². The first-order chi connectivity index (χ1) is 7.55. The minimum Gasteiger partial charge on any atom is -0.271 e. The molecule has 0 heterocycles. The van der Waals surface area contributed by atoms with Gasteiger partial charge in [-0.2, -0.15) is 0 Å². The van der Waals surface area contributed by atoms with Gasteiger partial charge in [-0.15, -0.1) is 0 Å². The Morgan fingerprint density at radius 1 is 1.50 bits per heavy atom. The average Bonchev–Trinajstić information content (AvgIpc) is 2.96. The molecule has 16 heavy (non-hydrogen) atoms. The summed E-state index contributed by atoms with van der Waals surface area (Å²) in [6.07, 6.45) is 3.42. The van der Waals surface area contributed by atoms with Crippen LogP contribution in [0.15, 0.2) is 18.2 Å². The van der Waals surface area contributed by atoms with Gasteiger partial charge in [0.2, 0.25) is 0 Å². The largest absolute Gasteiger partial charge is 0.271 e. The van der Waals surface area contributed by atoms with Crippen LogP contribution in [0.4, 0.5) is 0 Å². The average molecular weight is 239 g/mol. The van der Waals surface area contributed by atoms with Crippen molar-refractivity contribution >= 4 is 11.6 Å². The number of halogens is 1. The van der Waals surface area contributed by atoms with Gasteiger partial charge in [-0.25, -0.2) is 0 Å². The molecule has 3 heteroatoms. The lowest BCUT2D eigenvalue weighted by Crippen LogP contribution is -2.42. The molecule has 3 N–H and O–H groups in total. The van der Waals surface area contributed by atoms with Crippen LogP contribution in [-0.4, -0.2) is 6.04 Å². The van der Waals surface area contributed by atoms with Crippen LogP contribution in [0, 0.1) is 12.3 Å². The molecule has 2 rings (SSSR count). The molecule has 1 aliphatic carbocycles. The molecule has 1 atom stereocenters. The Kier molecular flexibility index (Phi) is 3.24. The highest BCUT2D eigenvalue weighted by Gasteiger charge is 2.44. The van der Waals surface area contributed by atoms with Crippen molar-refractivity contribution in [2.24, 2.45) is 11.3 Å². The molecule has 1 fully saturated rings. The molecule has 0 spiro atoms. The van der Waals surface area contributed by atoms with E-state index in [-0.39, 0.29) is 0 Å². The molecule has 2 nitrogen and oxygen atoms in total. The van der Waals surface area contributed by atoms with Crippen LogP contribution < -0.4 is 11.3 Å². The Labute approximate surface area is 102 Å². The van der Waals surface area contributed by atoms with Gasteiger partial charge in [0.05, 0.1) is 0 Å². The second-order valence-electron chi connectivity index (χ2n) is 5.17. The molecule has 0 bridgehead atoms. The molecule has 0 saturated heterocycles. The lowest BCUT2D eigenvalue weighted by molar-refractivity contribution is 0.359. The summed E-state index contributed by atoms with van der Waals surface area (Å²) in [5.74, 6) is 5.63. The molecule has 0 radical (unpaired) electrons. The standard InChI is InChI=1S/C13H19ClN2/c1-9-3-4-10(11(14)7-9)8-12(16-15)13(2)5-6-13/h3-4,7,12,16H,5-6,8,15H2,1-2H3. The summed E-state index contributed by atoms with van der Waals surface area (Å²) >= 11 is 6.23. The van der Waals surface area contributed by atoms with Crippen LogP contribution in [0.2, 0.25) is 5.02 Å². The van der Waals surface area contributed by atoms with Gasteiger partial charge in [0, 0.05) is 11.1 Å². The molecule has 1 aromatic rings. The van der Waals surface area contributed by atoms with Gasteiger partial charge in [-0.3, -0.25) is 11.3 Å². The molecule has 1 aliphatic rings. The van der Waals surface area contributed by atoms with Crippen LogP contribution in [-0.2, 0) is 6.42 Å². The van der Waals surface area contributed by atoms with E-state index in [9.17, 15) is 0 Å². The third-order valence-electron chi connectivity index (χ3n) is 3.71. The zero-order chi connectivity index (χ0) is 11.8. The summed E-state index contributed by atoms with van der Waals surface area (Å²) in [5, 5.41) is 0.851. The Hall–Kier alpha value is -0.570. The predicted octanol–water partition coefficient (Wildman–Crippen LogP) is 2.82. The van der Waals surface area contributed by atoms with Crippen LogP contribution >= 0.6 is 11.6 Å². The van der Waals surface area contributed by atoms with E-state index in [1.54, 1.807) is 0 Å². The van der Waals surface area contributed by atoms with E-state index in [4.69, 9.17) is 17.4 Å². The molecule has 0 amide bonds. The molecule has 1 aromatic carbocycles. The lowest BCUT2D eigenvalue weighted by atomic mass is 9.92. The van der Waals surface area contributed by atoms with E-state index >= 15 is 0 Å². The fourth-order valence-corrected chi connectivity index (χ4v) is 2.40. The van der Waals surface area contributed by atoms with Gasteiger partial charge in [0.1, 0.15) is 0 Å². The molecular weight excluding hydrogens is 220 g/mol. The highest BCUT2D eigenvalue weighted by molar-refractivity contribution is 6.31. The first kappa shape index (κ1) is 11.9. The summed E-state index contributed by atoms with van der Waals surface area (Å²) in [6.45, 7) is 4.33. The van der Waals surface area contributed by atoms with Gasteiger partial charge in [-0.1, -0.05) is 30.7 Å². The monoisotopic (exact) mass is 238 g/mol. The quantitative estimate of drug-likeness (QED) is 0.625. The Morgan fingerprint density at radius 3 is 2.69 bits per heavy atom. The molecule has 88 valence electrons. The number of hydrogen-bond acceptors (Lipinski definition) is 2. The van der Waals surface area contributed by atoms with E-state index < -0.39 is 0 Å². The van der Waals surface area contributed by atoms with Crippen molar-refractivity contribution < 1.29 is 0 Å². The summed E-state index contributed by atoms with van der Waals surface area (Å²) in [7, 11) is 0. The fourth-order valence-electron chi connectivity index (χ4n) is 2.09. The summed E-state index contributed by atoms with van der Waals surface area (Å²) < 4.78 is 0. The maximum Gasteiger partial charge on any atom is 0.0441 e. The number of hydrazine groups is 1. The second-order valence-corrected chi connectivity index (χ2v) is 5.58. The predicted molar refractivity (Wildman–Crippen MR) is 68.3 cm³/mol. The maximum absolute atomic E-state index is 6.23. The van der Waals surface area contributed by atoms with Crippen molar-refractivity contribution in [1.82, 2.24) is 5.43 Å². The van der Waals surface area contributed by atoms with E-state index in [2.05, 4.69) is 31.4 Å². The van der Waals surface area contributed by atoms with Gasteiger partial charge < -0.3 is 0 Å². The third kappa shape index (κ3) is 2.40. The number of nitrogens with one attached hydrogen (secondary N) is 1. The number of aryl methyl sites for hydroxylation is 1. The minimum absolute atomic E-state index is 0.327. The molecular formula is C13H19ClN2. The Morgan fingerprint density at radius 2 is 2.19 bits per heavy atom. The lowest BCUT2D eigenvalue weighted by Gasteiger charge is -2.23. The zero-order valence-electron chi connectivity index (χ0n) is 9.89. The van der Waals surface area contributed by atoms with E-state index in [0.717, 1.165) is 11.4 Å². The van der Waals surface area contributed by atoms with Crippen molar-refractivity contribution in [3.63, 3.8) is 0 Å². The van der Waals surface area contributed by atoms with Crippen molar-refractivity contribution in [3.05, 3.63) is 34.3 Å². The SMILES string of the molecule is Cc1ccc(CC(NN)C2(C)CC2)c(Cl)c1. The van der Waals surface area contributed by atoms with E-state index in [0.29, 0.717) is 11.5 Å². The number of rotatable bonds is 4. The van der Waals surface area contributed by atoms with Crippen LogP contribution in [0.25, 0.3) is 0 Å². The van der Waals surface area contributed by atoms with E-state index in [1.807, 2.05) is 6.07 Å². The Balaban J connectivity index is 2.13. The molecule has 1 unspecified atom stereocenters. The van der Waals surface area contributed by atoms with Crippen molar-refractivity contribution in [1.29, 1.82) is 0 Å².